The van der Waals surface area contributed by atoms with Crippen LogP contribution in [0.5, 0.6) is 5.75 Å². The summed E-state index contributed by atoms with van der Waals surface area (Å²) in [6.07, 6.45) is -0.439. The Morgan fingerprint density at radius 2 is 1.74 bits per heavy atom. The summed E-state index contributed by atoms with van der Waals surface area (Å²) in [6, 6.07) is 11.1. The number of likely N-dealkylation sites (tertiary alicyclic amines) is 1. The number of benzene rings is 2. The number of fused-ring (bicyclic) bond motifs is 2. The molecule has 2 aromatic carbocycles. The van der Waals surface area contributed by atoms with Crippen LogP contribution >= 0.6 is 0 Å². The molecular formula is C25H33NO5. The van der Waals surface area contributed by atoms with Crippen LogP contribution in [0.3, 0.4) is 0 Å². The summed E-state index contributed by atoms with van der Waals surface area (Å²) in [5.41, 5.74) is -2.62. The van der Waals surface area contributed by atoms with Crippen molar-refractivity contribution in [1.82, 2.24) is 4.90 Å². The molecule has 2 saturated heterocycles. The van der Waals surface area contributed by atoms with Crippen molar-refractivity contribution in [2.24, 2.45) is 10.8 Å². The number of carbonyl (C=O) groups excluding carboxylic acids is 1. The van der Waals surface area contributed by atoms with Gasteiger partial charge in [0.2, 0.25) is 5.72 Å². The Morgan fingerprint density at radius 3 is 2.29 bits per heavy atom. The summed E-state index contributed by atoms with van der Waals surface area (Å²) in [5, 5.41) is 11.8. The lowest BCUT2D eigenvalue weighted by molar-refractivity contribution is -0.603. The lowest BCUT2D eigenvalue weighted by Crippen LogP contribution is -2.75. The summed E-state index contributed by atoms with van der Waals surface area (Å²) in [6.45, 7) is 16.5. The average molecular weight is 428 g/mol. The number of amides is 1. The van der Waals surface area contributed by atoms with Gasteiger partial charge in [-0.25, -0.2) is 9.68 Å². The van der Waals surface area contributed by atoms with Gasteiger partial charge in [0.1, 0.15) is 11.4 Å². The topological polar surface area (TPSA) is 68.2 Å². The van der Waals surface area contributed by atoms with Crippen molar-refractivity contribution in [1.29, 1.82) is 0 Å². The number of hydrogen-bond acceptors (Lipinski definition) is 5. The zero-order chi connectivity index (χ0) is 23.0. The molecule has 168 valence electrons. The van der Waals surface area contributed by atoms with E-state index in [4.69, 9.17) is 14.5 Å². The molecule has 1 amide bonds. The molecule has 2 heterocycles. The fraction of sp³-hybridized carbons (Fsp3) is 0.560. The van der Waals surface area contributed by atoms with E-state index in [1.165, 1.54) is 0 Å². The van der Waals surface area contributed by atoms with Crippen LogP contribution < -0.4 is 0 Å². The van der Waals surface area contributed by atoms with E-state index in [0.717, 1.165) is 16.3 Å². The van der Waals surface area contributed by atoms with Crippen LogP contribution in [0.1, 0.15) is 61.0 Å². The molecule has 6 heteroatoms. The first-order valence-corrected chi connectivity index (χ1v) is 10.8. The summed E-state index contributed by atoms with van der Waals surface area (Å²) < 4.78 is 5.81. The molecule has 2 aromatic rings. The van der Waals surface area contributed by atoms with Crippen LogP contribution in [0.25, 0.3) is 10.8 Å². The molecule has 2 fully saturated rings. The second-order valence-electron chi connectivity index (χ2n) is 11.4. The van der Waals surface area contributed by atoms with E-state index in [9.17, 15) is 9.90 Å². The summed E-state index contributed by atoms with van der Waals surface area (Å²) in [5.74, 6) is 0.186. The standard InChI is InChI=1S/C25H33NO5/c1-21(2,3)25-23(7,8)15-26(20(28)29-22(4,5)6)24(25,30-31-25)19-11-9-10-16-14-17(27)12-13-18(16)19/h9-14,27H,15H2,1-8H3. The minimum absolute atomic E-state index is 0.186. The molecule has 6 nitrogen and oxygen atoms in total. The van der Waals surface area contributed by atoms with Gasteiger partial charge >= 0.3 is 6.09 Å². The van der Waals surface area contributed by atoms with Gasteiger partial charge in [0.25, 0.3) is 0 Å². The highest BCUT2D eigenvalue weighted by molar-refractivity contribution is 5.89. The Bertz CT molecular complexity index is 1050. The highest BCUT2D eigenvalue weighted by atomic mass is 17.3. The number of ether oxygens (including phenoxy) is 1. The molecule has 0 radical (unpaired) electrons. The van der Waals surface area contributed by atoms with E-state index in [1.54, 1.807) is 17.0 Å². The van der Waals surface area contributed by atoms with Gasteiger partial charge in [-0.3, -0.25) is 4.90 Å². The van der Waals surface area contributed by atoms with Crippen molar-refractivity contribution in [2.75, 3.05) is 6.54 Å². The molecule has 2 unspecified atom stereocenters. The number of phenols is 1. The first-order chi connectivity index (χ1) is 14.2. The number of aromatic hydroxyl groups is 1. The van der Waals surface area contributed by atoms with Crippen LogP contribution in [0.4, 0.5) is 4.79 Å². The maximum atomic E-state index is 13.5. The van der Waals surface area contributed by atoms with Crippen molar-refractivity contribution in [3.05, 3.63) is 42.0 Å². The highest BCUT2D eigenvalue weighted by Crippen LogP contribution is 2.70. The Labute approximate surface area is 184 Å². The predicted molar refractivity (Wildman–Crippen MR) is 118 cm³/mol. The Balaban J connectivity index is 2.02. The van der Waals surface area contributed by atoms with Gasteiger partial charge < -0.3 is 9.84 Å². The molecule has 1 N–H and O–H groups in total. The molecule has 0 saturated carbocycles. The molecule has 0 bridgehead atoms. The Kier molecular flexibility index (Phi) is 4.49. The van der Waals surface area contributed by atoms with Gasteiger partial charge in [0.05, 0.1) is 0 Å². The highest BCUT2D eigenvalue weighted by Gasteiger charge is 2.84. The first kappa shape index (κ1) is 21.9. The molecule has 31 heavy (non-hydrogen) atoms. The van der Waals surface area contributed by atoms with E-state index >= 15 is 0 Å². The minimum atomic E-state index is -1.17. The normalized spacial score (nSPS) is 27.7. The third-order valence-electron chi connectivity index (χ3n) is 6.55. The van der Waals surface area contributed by atoms with Gasteiger partial charge in [-0.05, 0) is 43.7 Å². The number of nitrogens with zero attached hydrogens (tertiary/aromatic N) is 1. The largest absolute Gasteiger partial charge is 0.508 e. The minimum Gasteiger partial charge on any atom is -0.508 e. The van der Waals surface area contributed by atoms with E-state index < -0.39 is 28.4 Å². The van der Waals surface area contributed by atoms with Crippen LogP contribution in [-0.4, -0.2) is 33.8 Å². The van der Waals surface area contributed by atoms with Crippen molar-refractivity contribution < 1.29 is 24.4 Å². The molecule has 2 aliphatic heterocycles. The van der Waals surface area contributed by atoms with Crippen LogP contribution in [0, 0.1) is 10.8 Å². The SMILES string of the molecule is CC(C)(C)OC(=O)N1CC(C)(C)C2(C(C)(C)C)OOC12c1cccc2cc(O)ccc12. The molecule has 0 aromatic heterocycles. The average Bonchev–Trinajstić information content (AvgIpc) is 2.71. The summed E-state index contributed by atoms with van der Waals surface area (Å²) in [4.78, 5) is 27.3. The third-order valence-corrected chi connectivity index (χ3v) is 6.55. The maximum absolute atomic E-state index is 13.5. The van der Waals surface area contributed by atoms with Crippen molar-refractivity contribution in [3.8, 4) is 5.75 Å². The maximum Gasteiger partial charge on any atom is 0.413 e. The van der Waals surface area contributed by atoms with Crippen LogP contribution in [0.2, 0.25) is 0 Å². The number of carbonyl (C=O) groups is 1. The molecule has 2 atom stereocenters. The van der Waals surface area contributed by atoms with Crippen molar-refractivity contribution >= 4 is 16.9 Å². The first-order valence-electron chi connectivity index (χ1n) is 10.8. The molecule has 4 rings (SSSR count). The van der Waals surface area contributed by atoms with Gasteiger partial charge in [-0.1, -0.05) is 58.9 Å². The van der Waals surface area contributed by atoms with Crippen LogP contribution in [-0.2, 0) is 20.2 Å². The molecular weight excluding hydrogens is 394 g/mol. The van der Waals surface area contributed by atoms with Crippen molar-refractivity contribution in [3.63, 3.8) is 0 Å². The quantitative estimate of drug-likeness (QED) is 0.589. The lowest BCUT2D eigenvalue weighted by Gasteiger charge is -2.63. The number of rotatable bonds is 1. The second-order valence-corrected chi connectivity index (χ2v) is 11.4. The van der Waals surface area contributed by atoms with E-state index in [0.29, 0.717) is 6.54 Å². The zero-order valence-electron chi connectivity index (χ0n) is 19.7. The fourth-order valence-electron chi connectivity index (χ4n) is 5.73. The van der Waals surface area contributed by atoms with Crippen LogP contribution in [0.15, 0.2) is 36.4 Å². The third kappa shape index (κ3) is 2.81. The monoisotopic (exact) mass is 427 g/mol. The number of phenolic OH excluding ortho intramolecular Hbond substituents is 1. The molecule has 0 aliphatic carbocycles. The van der Waals surface area contributed by atoms with E-state index in [-0.39, 0.29) is 11.2 Å². The Morgan fingerprint density at radius 1 is 1.06 bits per heavy atom. The predicted octanol–water partition coefficient (Wildman–Crippen LogP) is 5.72. The summed E-state index contributed by atoms with van der Waals surface area (Å²) >= 11 is 0. The molecule has 0 spiro atoms. The molecule has 2 aliphatic rings. The fourth-order valence-corrected chi connectivity index (χ4v) is 5.73. The number of hydrogen-bond donors (Lipinski definition) is 1. The summed E-state index contributed by atoms with van der Waals surface area (Å²) in [7, 11) is 0. The van der Waals surface area contributed by atoms with Crippen molar-refractivity contribution in [2.45, 2.75) is 72.3 Å². The van der Waals surface area contributed by atoms with Gasteiger partial charge in [-0.15, -0.1) is 0 Å². The van der Waals surface area contributed by atoms with E-state index in [2.05, 4.69) is 34.6 Å². The van der Waals surface area contributed by atoms with Gasteiger partial charge in [0.15, 0.2) is 5.60 Å². The lowest BCUT2D eigenvalue weighted by atomic mass is 9.57. The van der Waals surface area contributed by atoms with Gasteiger partial charge in [-0.2, -0.15) is 4.89 Å². The van der Waals surface area contributed by atoms with Gasteiger partial charge in [0, 0.05) is 22.9 Å². The second kappa shape index (κ2) is 6.36. The van der Waals surface area contributed by atoms with E-state index in [1.807, 2.05) is 45.0 Å². The Hall–Kier alpha value is -2.31. The zero-order valence-corrected chi connectivity index (χ0v) is 19.7. The smallest absolute Gasteiger partial charge is 0.413 e.